The largest absolute Gasteiger partial charge is 0.393 e. The lowest BCUT2D eigenvalue weighted by atomic mass is 10.2. The number of nitrogen functional groups attached to an aromatic ring is 1. The molecule has 1 aromatic rings. The van der Waals surface area contributed by atoms with Gasteiger partial charge in [-0.1, -0.05) is 20.3 Å². The van der Waals surface area contributed by atoms with Crippen LogP contribution in [-0.2, 0) is 13.0 Å². The summed E-state index contributed by atoms with van der Waals surface area (Å²) in [5, 5.41) is 3.03. The number of H-pyrrole nitrogens is 1. The Morgan fingerprint density at radius 3 is 2.62 bits per heavy atom. The van der Waals surface area contributed by atoms with E-state index in [2.05, 4.69) is 12.0 Å². The topological polar surface area (TPSA) is 63.8 Å². The van der Waals surface area contributed by atoms with Crippen molar-refractivity contribution in [1.82, 2.24) is 9.78 Å². The quantitative estimate of drug-likeness (QED) is 0.734. The molecule has 1 aromatic heterocycles. The third-order valence-corrected chi connectivity index (χ3v) is 2.02. The molecule has 0 saturated heterocycles. The van der Waals surface area contributed by atoms with E-state index in [9.17, 15) is 4.79 Å². The molecule has 4 heteroatoms. The average Bonchev–Trinajstić information content (AvgIpc) is 2.36. The van der Waals surface area contributed by atoms with Crippen LogP contribution in [0.15, 0.2) is 4.79 Å². The molecule has 74 valence electrons. The van der Waals surface area contributed by atoms with Gasteiger partial charge in [-0.25, -0.2) is 0 Å². The van der Waals surface area contributed by atoms with E-state index in [1.54, 1.807) is 4.68 Å². The van der Waals surface area contributed by atoms with Crippen LogP contribution in [0.1, 0.15) is 32.4 Å². The van der Waals surface area contributed by atoms with Crippen LogP contribution in [-0.4, -0.2) is 9.78 Å². The molecule has 0 unspecified atom stereocenters. The molecule has 0 saturated carbocycles. The highest BCUT2D eigenvalue weighted by Gasteiger charge is 2.08. The molecule has 0 aliphatic rings. The van der Waals surface area contributed by atoms with E-state index in [4.69, 9.17) is 5.73 Å². The summed E-state index contributed by atoms with van der Waals surface area (Å²) in [6.45, 7) is 4.81. The number of aromatic amines is 1. The molecule has 0 spiro atoms. The number of hydrogen-bond acceptors (Lipinski definition) is 2. The molecule has 0 amide bonds. The van der Waals surface area contributed by atoms with Crippen molar-refractivity contribution < 1.29 is 0 Å². The minimum atomic E-state index is -0.0784. The fraction of sp³-hybridized carbons (Fsp3) is 0.667. The van der Waals surface area contributed by atoms with Gasteiger partial charge >= 0.3 is 0 Å². The molecular weight excluding hydrogens is 166 g/mol. The molecule has 4 nitrogen and oxygen atoms in total. The van der Waals surface area contributed by atoms with Crippen LogP contribution in [0.4, 0.5) is 5.69 Å². The standard InChI is InChI=1S/C9H17N3O/c1-3-5-7-8(10)9(13)12(11-7)6-4-2/h11H,3-6,10H2,1-2H3. The van der Waals surface area contributed by atoms with Gasteiger partial charge < -0.3 is 5.73 Å². The van der Waals surface area contributed by atoms with Crippen molar-refractivity contribution in [2.24, 2.45) is 0 Å². The SMILES string of the molecule is CCCc1[nH]n(CCC)c(=O)c1N. The fourth-order valence-electron chi connectivity index (χ4n) is 1.37. The maximum atomic E-state index is 11.5. The van der Waals surface area contributed by atoms with Crippen molar-refractivity contribution in [2.75, 3.05) is 5.73 Å². The Morgan fingerprint density at radius 2 is 2.08 bits per heavy atom. The highest BCUT2D eigenvalue weighted by atomic mass is 16.1. The zero-order chi connectivity index (χ0) is 9.84. The van der Waals surface area contributed by atoms with Crippen LogP contribution in [0.3, 0.4) is 0 Å². The first-order chi connectivity index (χ1) is 6.20. The van der Waals surface area contributed by atoms with Gasteiger partial charge in [0.25, 0.3) is 5.56 Å². The van der Waals surface area contributed by atoms with Gasteiger partial charge in [0.1, 0.15) is 5.69 Å². The number of aromatic nitrogens is 2. The molecule has 0 bridgehead atoms. The zero-order valence-corrected chi connectivity index (χ0v) is 8.26. The molecule has 0 fully saturated rings. The number of nitrogens with two attached hydrogens (primary N) is 1. The summed E-state index contributed by atoms with van der Waals surface area (Å²) in [7, 11) is 0. The van der Waals surface area contributed by atoms with E-state index in [-0.39, 0.29) is 5.56 Å². The predicted molar refractivity (Wildman–Crippen MR) is 53.8 cm³/mol. The van der Waals surface area contributed by atoms with Crippen molar-refractivity contribution in [1.29, 1.82) is 0 Å². The lowest BCUT2D eigenvalue weighted by Gasteiger charge is -1.97. The van der Waals surface area contributed by atoms with E-state index in [1.807, 2.05) is 6.92 Å². The molecule has 0 radical (unpaired) electrons. The van der Waals surface area contributed by atoms with Crippen LogP contribution < -0.4 is 11.3 Å². The van der Waals surface area contributed by atoms with E-state index in [0.717, 1.165) is 25.0 Å². The number of hydrogen-bond donors (Lipinski definition) is 2. The van der Waals surface area contributed by atoms with Gasteiger partial charge in [0.05, 0.1) is 5.69 Å². The molecule has 1 rings (SSSR count). The highest BCUT2D eigenvalue weighted by molar-refractivity contribution is 5.40. The minimum absolute atomic E-state index is 0.0784. The Bertz CT molecular complexity index is 324. The zero-order valence-electron chi connectivity index (χ0n) is 8.26. The maximum Gasteiger partial charge on any atom is 0.289 e. The second kappa shape index (κ2) is 4.16. The smallest absolute Gasteiger partial charge is 0.289 e. The van der Waals surface area contributed by atoms with E-state index in [0.29, 0.717) is 12.2 Å². The predicted octanol–water partition coefficient (Wildman–Crippen LogP) is 1.12. The number of nitrogens with zero attached hydrogens (tertiary/aromatic N) is 1. The monoisotopic (exact) mass is 183 g/mol. The molecule has 0 atom stereocenters. The normalized spacial score (nSPS) is 10.6. The van der Waals surface area contributed by atoms with E-state index in [1.165, 1.54) is 0 Å². The summed E-state index contributed by atoms with van der Waals surface area (Å²) >= 11 is 0. The molecular formula is C9H17N3O. The van der Waals surface area contributed by atoms with E-state index < -0.39 is 0 Å². The maximum absolute atomic E-state index is 11.5. The third-order valence-electron chi connectivity index (χ3n) is 2.02. The van der Waals surface area contributed by atoms with Gasteiger partial charge in [-0.15, -0.1) is 0 Å². The first kappa shape index (κ1) is 9.89. The summed E-state index contributed by atoms with van der Waals surface area (Å²) in [6.07, 6.45) is 2.78. The Balaban J connectivity index is 2.98. The van der Waals surface area contributed by atoms with Crippen molar-refractivity contribution in [2.45, 2.75) is 39.7 Å². The summed E-state index contributed by atoms with van der Waals surface area (Å²) in [4.78, 5) is 11.5. The number of rotatable bonds is 4. The number of anilines is 1. The molecule has 3 N–H and O–H groups in total. The summed E-state index contributed by atoms with van der Waals surface area (Å²) in [5.74, 6) is 0. The Kier molecular flexibility index (Phi) is 3.17. The second-order valence-electron chi connectivity index (χ2n) is 3.21. The molecule has 1 heterocycles. The van der Waals surface area contributed by atoms with Crippen molar-refractivity contribution in [3.8, 4) is 0 Å². The molecule has 0 aliphatic carbocycles. The van der Waals surface area contributed by atoms with E-state index >= 15 is 0 Å². The van der Waals surface area contributed by atoms with Crippen LogP contribution in [0.25, 0.3) is 0 Å². The number of nitrogens with one attached hydrogen (secondary N) is 1. The van der Waals surface area contributed by atoms with Gasteiger partial charge in [-0.3, -0.25) is 14.6 Å². The summed E-state index contributed by atoms with van der Waals surface area (Å²) in [5.41, 5.74) is 6.84. The van der Waals surface area contributed by atoms with Gasteiger partial charge in [-0.2, -0.15) is 0 Å². The summed E-state index contributed by atoms with van der Waals surface area (Å²) in [6, 6.07) is 0. The Morgan fingerprint density at radius 1 is 1.38 bits per heavy atom. The minimum Gasteiger partial charge on any atom is -0.393 e. The van der Waals surface area contributed by atoms with Crippen molar-refractivity contribution in [3.63, 3.8) is 0 Å². The Hall–Kier alpha value is -1.19. The molecule has 0 aromatic carbocycles. The molecule has 0 aliphatic heterocycles. The van der Waals surface area contributed by atoms with Gasteiger partial charge in [0, 0.05) is 6.54 Å². The first-order valence-electron chi connectivity index (χ1n) is 4.77. The number of aryl methyl sites for hydroxylation is 2. The Labute approximate surface area is 77.7 Å². The fourth-order valence-corrected chi connectivity index (χ4v) is 1.37. The van der Waals surface area contributed by atoms with Crippen LogP contribution in [0.2, 0.25) is 0 Å². The van der Waals surface area contributed by atoms with Crippen molar-refractivity contribution >= 4 is 5.69 Å². The second-order valence-corrected chi connectivity index (χ2v) is 3.21. The van der Waals surface area contributed by atoms with Crippen LogP contribution >= 0.6 is 0 Å². The van der Waals surface area contributed by atoms with Gasteiger partial charge in [0.2, 0.25) is 0 Å². The van der Waals surface area contributed by atoms with Crippen LogP contribution in [0.5, 0.6) is 0 Å². The third kappa shape index (κ3) is 1.94. The highest BCUT2D eigenvalue weighted by Crippen LogP contribution is 2.05. The van der Waals surface area contributed by atoms with Gasteiger partial charge in [-0.05, 0) is 12.8 Å². The van der Waals surface area contributed by atoms with Crippen LogP contribution in [0, 0.1) is 0 Å². The first-order valence-corrected chi connectivity index (χ1v) is 4.77. The average molecular weight is 183 g/mol. The lowest BCUT2D eigenvalue weighted by molar-refractivity contribution is 0.577. The van der Waals surface area contributed by atoms with Crippen molar-refractivity contribution in [3.05, 3.63) is 16.0 Å². The van der Waals surface area contributed by atoms with Gasteiger partial charge in [0.15, 0.2) is 0 Å². The lowest BCUT2D eigenvalue weighted by Crippen LogP contribution is -2.18. The summed E-state index contributed by atoms with van der Waals surface area (Å²) < 4.78 is 1.58. The molecule has 13 heavy (non-hydrogen) atoms.